The van der Waals surface area contributed by atoms with Crippen molar-refractivity contribution in [3.63, 3.8) is 0 Å². The van der Waals surface area contributed by atoms with Crippen molar-refractivity contribution in [1.29, 1.82) is 5.26 Å². The van der Waals surface area contributed by atoms with Gasteiger partial charge in [0, 0.05) is 30.8 Å². The maximum Gasteiger partial charge on any atom is 0.226 e. The number of amides is 2. The van der Waals surface area contributed by atoms with E-state index in [0.717, 1.165) is 31.2 Å². The first kappa shape index (κ1) is 18.9. The normalized spacial score (nSPS) is 28.4. The fourth-order valence-corrected chi connectivity index (χ4v) is 4.66. The van der Waals surface area contributed by atoms with Crippen molar-refractivity contribution in [1.82, 2.24) is 10.2 Å². The Morgan fingerprint density at radius 2 is 1.79 bits per heavy atom. The second kappa shape index (κ2) is 7.54. The topological polar surface area (TPSA) is 73.2 Å². The second-order valence-corrected chi connectivity index (χ2v) is 8.50. The largest absolute Gasteiger partial charge is 0.342 e. The molecule has 0 radical (unpaired) electrons. The van der Waals surface area contributed by atoms with Crippen LogP contribution in [0.1, 0.15) is 56.4 Å². The number of carbonyl (C=O) groups is 2. The van der Waals surface area contributed by atoms with Gasteiger partial charge in [-0.25, -0.2) is 4.39 Å². The third-order valence-electron chi connectivity index (χ3n) is 6.59. The second-order valence-electron chi connectivity index (χ2n) is 8.50. The Hall–Kier alpha value is -2.42. The van der Waals surface area contributed by atoms with Crippen LogP contribution in [0.3, 0.4) is 0 Å². The van der Waals surface area contributed by atoms with E-state index in [2.05, 4.69) is 11.4 Å². The van der Waals surface area contributed by atoms with Crippen molar-refractivity contribution in [2.24, 2.45) is 11.8 Å². The van der Waals surface area contributed by atoms with Gasteiger partial charge in [-0.1, -0.05) is 25.0 Å². The summed E-state index contributed by atoms with van der Waals surface area (Å²) in [5.41, 5.74) is 0.364. The lowest BCUT2D eigenvalue weighted by atomic mass is 9.77. The number of halogens is 1. The van der Waals surface area contributed by atoms with Crippen molar-refractivity contribution in [2.45, 2.75) is 56.4 Å². The lowest BCUT2D eigenvalue weighted by Crippen LogP contribution is -2.47. The number of likely N-dealkylation sites (tertiary alicyclic amines) is 1. The van der Waals surface area contributed by atoms with Gasteiger partial charge in [-0.2, -0.15) is 5.26 Å². The fraction of sp³-hybridized carbons (Fsp3) is 0.591. The van der Waals surface area contributed by atoms with Crippen LogP contribution in [0.15, 0.2) is 24.3 Å². The van der Waals surface area contributed by atoms with Crippen LogP contribution in [0, 0.1) is 29.0 Å². The standard InChI is InChI=1S/C22H26FN3O2/c23-17-7-5-15(6-8-17)16-9-12-26(13-16)21(28)19-4-2-1-3-18(19)20(27)25-22(14-24)10-11-22/h5-8,16,18-19H,1-4,9-13H2,(H,25,27)/t16?,18-,19?/m1/s1. The number of nitrogens with one attached hydrogen (secondary N) is 1. The summed E-state index contributed by atoms with van der Waals surface area (Å²) < 4.78 is 13.2. The van der Waals surface area contributed by atoms with Gasteiger partial charge >= 0.3 is 0 Å². The molecule has 1 aromatic rings. The predicted molar refractivity (Wildman–Crippen MR) is 102 cm³/mol. The van der Waals surface area contributed by atoms with Gasteiger partial charge in [0.1, 0.15) is 11.4 Å². The summed E-state index contributed by atoms with van der Waals surface area (Å²) in [6.45, 7) is 1.30. The van der Waals surface area contributed by atoms with Gasteiger partial charge in [-0.05, 0) is 49.8 Å². The van der Waals surface area contributed by atoms with Gasteiger partial charge in [-0.15, -0.1) is 0 Å². The summed E-state index contributed by atoms with van der Waals surface area (Å²) in [5.74, 6) is -0.741. The van der Waals surface area contributed by atoms with E-state index in [1.807, 2.05) is 4.90 Å². The van der Waals surface area contributed by atoms with E-state index in [1.165, 1.54) is 12.1 Å². The van der Waals surface area contributed by atoms with Crippen molar-refractivity contribution < 1.29 is 14.0 Å². The lowest BCUT2D eigenvalue weighted by molar-refractivity contribution is -0.143. The molecule has 6 heteroatoms. The highest BCUT2D eigenvalue weighted by molar-refractivity contribution is 5.89. The first-order chi connectivity index (χ1) is 13.5. The average Bonchev–Trinajstić information content (AvgIpc) is 3.32. The van der Waals surface area contributed by atoms with E-state index in [1.54, 1.807) is 12.1 Å². The summed E-state index contributed by atoms with van der Waals surface area (Å²) in [5, 5.41) is 12.1. The molecule has 0 bridgehead atoms. The van der Waals surface area contributed by atoms with Crippen molar-refractivity contribution >= 4 is 11.8 Å². The molecule has 1 aliphatic heterocycles. The predicted octanol–water partition coefficient (Wildman–Crippen LogP) is 3.12. The van der Waals surface area contributed by atoms with Gasteiger partial charge < -0.3 is 10.2 Å². The average molecular weight is 383 g/mol. The van der Waals surface area contributed by atoms with Crippen molar-refractivity contribution in [3.05, 3.63) is 35.6 Å². The van der Waals surface area contributed by atoms with Crippen molar-refractivity contribution in [2.75, 3.05) is 13.1 Å². The summed E-state index contributed by atoms with van der Waals surface area (Å²) >= 11 is 0. The monoisotopic (exact) mass is 383 g/mol. The maximum atomic E-state index is 13.2. The first-order valence-electron chi connectivity index (χ1n) is 10.3. The van der Waals surface area contributed by atoms with Crippen LogP contribution in [0.5, 0.6) is 0 Å². The fourth-order valence-electron chi connectivity index (χ4n) is 4.66. The molecule has 1 aromatic carbocycles. The molecule has 3 aliphatic rings. The molecule has 3 atom stereocenters. The molecule has 1 saturated heterocycles. The van der Waals surface area contributed by atoms with Crippen LogP contribution in [-0.4, -0.2) is 35.3 Å². The van der Waals surface area contributed by atoms with Gasteiger partial charge in [0.2, 0.25) is 11.8 Å². The first-order valence-corrected chi connectivity index (χ1v) is 10.3. The van der Waals surface area contributed by atoms with Crippen LogP contribution in [0.4, 0.5) is 4.39 Å². The van der Waals surface area contributed by atoms with E-state index < -0.39 is 5.54 Å². The Labute approximate surface area is 164 Å². The molecule has 2 saturated carbocycles. The molecule has 0 spiro atoms. The molecule has 2 aliphatic carbocycles. The van der Waals surface area contributed by atoms with Crippen LogP contribution < -0.4 is 5.32 Å². The number of nitrogens with zero attached hydrogens (tertiary/aromatic N) is 2. The van der Waals surface area contributed by atoms with E-state index in [0.29, 0.717) is 32.4 Å². The summed E-state index contributed by atoms with van der Waals surface area (Å²) in [4.78, 5) is 27.9. The van der Waals surface area contributed by atoms with E-state index >= 15 is 0 Å². The molecule has 148 valence electrons. The highest BCUT2D eigenvalue weighted by atomic mass is 19.1. The zero-order valence-corrected chi connectivity index (χ0v) is 16.0. The van der Waals surface area contributed by atoms with Crippen molar-refractivity contribution in [3.8, 4) is 6.07 Å². The van der Waals surface area contributed by atoms with Gasteiger partial charge in [-0.3, -0.25) is 9.59 Å². The minimum atomic E-state index is -0.691. The van der Waals surface area contributed by atoms with Gasteiger partial charge in [0.25, 0.3) is 0 Å². The van der Waals surface area contributed by atoms with Crippen LogP contribution >= 0.6 is 0 Å². The number of benzene rings is 1. The quantitative estimate of drug-likeness (QED) is 0.868. The molecule has 5 nitrogen and oxygen atoms in total. The molecule has 1 N–H and O–H groups in total. The molecule has 28 heavy (non-hydrogen) atoms. The Morgan fingerprint density at radius 1 is 1.11 bits per heavy atom. The summed E-state index contributed by atoms with van der Waals surface area (Å²) in [7, 11) is 0. The highest BCUT2D eigenvalue weighted by Gasteiger charge is 2.47. The Kier molecular flexibility index (Phi) is 5.09. The zero-order chi connectivity index (χ0) is 19.7. The lowest BCUT2D eigenvalue weighted by Gasteiger charge is -2.33. The van der Waals surface area contributed by atoms with Gasteiger partial charge in [0.15, 0.2) is 0 Å². The summed E-state index contributed by atoms with van der Waals surface area (Å²) in [6.07, 6.45) is 5.60. The van der Waals surface area contributed by atoms with Gasteiger partial charge in [0.05, 0.1) is 6.07 Å². The van der Waals surface area contributed by atoms with Crippen LogP contribution in [0.25, 0.3) is 0 Å². The highest BCUT2D eigenvalue weighted by Crippen LogP contribution is 2.38. The molecule has 2 unspecified atom stereocenters. The maximum absolute atomic E-state index is 13.2. The molecule has 4 rings (SSSR count). The minimum absolute atomic E-state index is 0.0614. The zero-order valence-electron chi connectivity index (χ0n) is 16.0. The van der Waals surface area contributed by atoms with E-state index in [-0.39, 0.29) is 35.4 Å². The smallest absolute Gasteiger partial charge is 0.226 e. The number of carbonyl (C=O) groups excluding carboxylic acids is 2. The molecule has 0 aromatic heterocycles. The molecule has 3 fully saturated rings. The van der Waals surface area contributed by atoms with E-state index in [4.69, 9.17) is 0 Å². The number of nitriles is 1. The molecular weight excluding hydrogens is 357 g/mol. The Morgan fingerprint density at radius 3 is 2.43 bits per heavy atom. The van der Waals surface area contributed by atoms with Crippen LogP contribution in [0.2, 0.25) is 0 Å². The SMILES string of the molecule is N#CC1(NC(=O)[C@@H]2CCCCC2C(=O)N2CCC(c3ccc(F)cc3)C2)CC1. The number of rotatable bonds is 4. The van der Waals surface area contributed by atoms with E-state index in [9.17, 15) is 19.2 Å². The Balaban J connectivity index is 1.41. The number of hydrogen-bond acceptors (Lipinski definition) is 3. The molecule has 2 amide bonds. The van der Waals surface area contributed by atoms with Crippen LogP contribution in [-0.2, 0) is 9.59 Å². The molecular formula is C22H26FN3O2. The summed E-state index contributed by atoms with van der Waals surface area (Å²) in [6, 6.07) is 8.71. The molecule has 1 heterocycles. The Bertz CT molecular complexity index is 797. The minimum Gasteiger partial charge on any atom is -0.342 e. The number of hydrogen-bond donors (Lipinski definition) is 1. The third-order valence-corrected chi connectivity index (χ3v) is 6.59. The third kappa shape index (κ3) is 3.76.